The van der Waals surface area contributed by atoms with Crippen molar-refractivity contribution in [3.8, 4) is 0 Å². The number of rotatable bonds is 7. The van der Waals surface area contributed by atoms with Crippen molar-refractivity contribution in [2.75, 3.05) is 0 Å². The van der Waals surface area contributed by atoms with E-state index in [9.17, 15) is 0 Å². The van der Waals surface area contributed by atoms with Crippen LogP contribution in [0.2, 0.25) is 0 Å². The number of aliphatic hydroxyl groups is 1. The summed E-state index contributed by atoms with van der Waals surface area (Å²) in [5.74, 6) is 0. The average Bonchev–Trinajstić information content (AvgIpc) is 1.97. The Morgan fingerprint density at radius 1 is 1.30 bits per heavy atom. The number of hydrogen-bond acceptors (Lipinski definition) is 1. The van der Waals surface area contributed by atoms with Crippen LogP contribution in [0.5, 0.6) is 0 Å². The Balaban J connectivity index is 2.65. The zero-order chi connectivity index (χ0) is 7.66. The maximum atomic E-state index is 8.31. The van der Waals surface area contributed by atoms with Crippen molar-refractivity contribution in [1.82, 2.24) is 0 Å². The Hall–Kier alpha value is -0.170. The van der Waals surface area contributed by atoms with Crippen LogP contribution in [0, 0.1) is 13.0 Å². The van der Waals surface area contributed by atoms with Crippen LogP contribution in [0.4, 0.5) is 0 Å². The summed E-state index contributed by atoms with van der Waals surface area (Å²) in [7, 11) is 0. The largest absolute Gasteiger partial charge is 0.562 e. The summed E-state index contributed by atoms with van der Waals surface area (Å²) in [6.07, 6.45) is 9.27. The molecule has 0 aromatic rings. The van der Waals surface area contributed by atoms with E-state index in [1.807, 2.05) is 0 Å². The van der Waals surface area contributed by atoms with Crippen molar-refractivity contribution in [3.63, 3.8) is 0 Å². The third kappa shape index (κ3) is 7.83. The molecule has 0 amide bonds. The highest BCUT2D eigenvalue weighted by molar-refractivity contribution is 4.67. The van der Waals surface area contributed by atoms with Gasteiger partial charge >= 0.3 is 0 Å². The van der Waals surface area contributed by atoms with Gasteiger partial charge < -0.3 is 5.11 Å². The Bertz CT molecular complexity index is 44.7. The Kier molecular flexibility index (Phi) is 8.68. The van der Waals surface area contributed by atoms with Gasteiger partial charge in [-0.25, -0.2) is 0 Å². The van der Waals surface area contributed by atoms with E-state index in [0.717, 1.165) is 12.8 Å². The van der Waals surface area contributed by atoms with Crippen LogP contribution in [0.3, 0.4) is 0 Å². The van der Waals surface area contributed by atoms with Gasteiger partial charge in [-0.15, -0.1) is 0 Å². The molecule has 0 bridgehead atoms. The molecule has 0 rings (SSSR count). The molecule has 60 valence electrons. The fraction of sp³-hybridized carbons (Fsp3) is 0.778. The average molecular weight is 142 g/mol. The quantitative estimate of drug-likeness (QED) is 0.428. The number of unbranched alkanes of at least 4 members (excludes halogenated alkanes) is 6. The van der Waals surface area contributed by atoms with Crippen LogP contribution in [0.25, 0.3) is 0 Å². The lowest BCUT2D eigenvalue weighted by atomic mass is 10.1. The minimum Gasteiger partial charge on any atom is -0.562 e. The van der Waals surface area contributed by atoms with Crippen molar-refractivity contribution in [2.24, 2.45) is 0 Å². The number of hydrogen-bond donors (Lipinski definition) is 1. The Labute approximate surface area is 64.5 Å². The van der Waals surface area contributed by atoms with Gasteiger partial charge in [0, 0.05) is 6.42 Å². The fourth-order valence-corrected chi connectivity index (χ4v) is 0.908. The van der Waals surface area contributed by atoms with E-state index in [-0.39, 0.29) is 0 Å². The van der Waals surface area contributed by atoms with Crippen molar-refractivity contribution < 1.29 is 5.11 Å². The molecular formula is C9H18O. The molecule has 0 heterocycles. The molecule has 0 fully saturated rings. The molecule has 0 aliphatic heterocycles. The van der Waals surface area contributed by atoms with Gasteiger partial charge in [0.1, 0.15) is 0 Å². The van der Waals surface area contributed by atoms with Crippen molar-refractivity contribution in [1.29, 1.82) is 0 Å². The Morgan fingerprint density at radius 3 is 2.70 bits per heavy atom. The van der Waals surface area contributed by atoms with Crippen molar-refractivity contribution >= 4 is 0 Å². The first-order valence-corrected chi connectivity index (χ1v) is 4.19. The highest BCUT2D eigenvalue weighted by atomic mass is 16.2. The monoisotopic (exact) mass is 142 g/mol. The van der Waals surface area contributed by atoms with E-state index in [4.69, 9.17) is 5.11 Å². The Morgan fingerprint density at radius 2 is 2.10 bits per heavy atom. The second-order valence-corrected chi connectivity index (χ2v) is 2.56. The van der Waals surface area contributed by atoms with Crippen LogP contribution in [0.1, 0.15) is 45.4 Å². The molecule has 0 radical (unpaired) electrons. The van der Waals surface area contributed by atoms with E-state index in [1.165, 1.54) is 32.3 Å². The first kappa shape index (κ1) is 9.83. The van der Waals surface area contributed by atoms with Crippen LogP contribution in [-0.4, -0.2) is 5.11 Å². The second-order valence-electron chi connectivity index (χ2n) is 2.56. The first-order valence-electron chi connectivity index (χ1n) is 4.19. The highest BCUT2D eigenvalue weighted by Gasteiger charge is 1.92. The highest BCUT2D eigenvalue weighted by Crippen LogP contribution is 2.05. The van der Waals surface area contributed by atoms with Gasteiger partial charge in [-0.2, -0.15) is 6.61 Å². The zero-order valence-corrected chi connectivity index (χ0v) is 6.84. The molecule has 0 spiro atoms. The van der Waals surface area contributed by atoms with Crippen LogP contribution < -0.4 is 0 Å². The van der Waals surface area contributed by atoms with Crippen molar-refractivity contribution in [3.05, 3.63) is 13.0 Å². The molecule has 0 aliphatic carbocycles. The maximum Gasteiger partial charge on any atom is 0.0847 e. The summed E-state index contributed by atoms with van der Waals surface area (Å²) < 4.78 is 0. The van der Waals surface area contributed by atoms with E-state index in [2.05, 4.69) is 13.3 Å². The third-order valence-corrected chi connectivity index (χ3v) is 1.53. The topological polar surface area (TPSA) is 20.2 Å². The van der Waals surface area contributed by atoms with E-state index >= 15 is 0 Å². The lowest BCUT2D eigenvalue weighted by Gasteiger charge is -1.95. The lowest BCUT2D eigenvalue weighted by molar-refractivity contribution is 0.382. The molecule has 0 saturated heterocycles. The smallest absolute Gasteiger partial charge is 0.0847 e. The van der Waals surface area contributed by atoms with Gasteiger partial charge in [-0.05, 0) is 19.3 Å². The normalized spacial score (nSPS) is 9.80. The number of aliphatic hydroxyl groups excluding tert-OH is 1. The first-order chi connectivity index (χ1) is 4.91. The molecule has 0 aromatic heterocycles. The molecule has 1 nitrogen and oxygen atoms in total. The predicted molar refractivity (Wildman–Crippen MR) is 43.9 cm³/mol. The van der Waals surface area contributed by atoms with Crippen molar-refractivity contribution in [2.45, 2.75) is 45.4 Å². The molecular weight excluding hydrogens is 124 g/mol. The summed E-state index contributed by atoms with van der Waals surface area (Å²) in [6.45, 7) is 3.42. The van der Waals surface area contributed by atoms with Gasteiger partial charge in [-0.3, -0.25) is 0 Å². The van der Waals surface area contributed by atoms with Gasteiger partial charge in [0.05, 0.1) is 6.42 Å². The summed E-state index contributed by atoms with van der Waals surface area (Å²) in [5, 5.41) is 8.31. The summed E-state index contributed by atoms with van der Waals surface area (Å²) in [4.78, 5) is 0. The maximum absolute atomic E-state index is 8.31. The summed E-state index contributed by atoms with van der Waals surface area (Å²) in [5.41, 5.74) is 0. The lowest BCUT2D eigenvalue weighted by Crippen LogP contribution is -1.80. The molecule has 0 unspecified atom stereocenters. The predicted octanol–water partition coefficient (Wildman–Crippen LogP) is 3.09. The van der Waals surface area contributed by atoms with E-state index < -0.39 is 0 Å². The summed E-state index contributed by atoms with van der Waals surface area (Å²) >= 11 is 0. The van der Waals surface area contributed by atoms with Gasteiger partial charge in [0.25, 0.3) is 0 Å². The molecule has 0 atom stereocenters. The SMILES string of the molecule is CCCCCC[CH+]C[CH-]O. The standard InChI is InChI=1S/C9H18O/c1-2-3-4-5-6-7-8-9-10/h7,9-10H,2-6,8H2,1H3. The molecule has 0 aromatic carbocycles. The third-order valence-electron chi connectivity index (χ3n) is 1.53. The molecule has 0 saturated carbocycles. The molecule has 1 heteroatoms. The van der Waals surface area contributed by atoms with Gasteiger partial charge in [-0.1, -0.05) is 19.8 Å². The minimum absolute atomic E-state index is 0.742. The minimum atomic E-state index is 0.742. The van der Waals surface area contributed by atoms with Crippen LogP contribution in [0.15, 0.2) is 0 Å². The molecule has 0 aliphatic rings. The fourth-order valence-electron chi connectivity index (χ4n) is 0.908. The zero-order valence-electron chi connectivity index (χ0n) is 6.84. The van der Waals surface area contributed by atoms with E-state index in [1.54, 1.807) is 0 Å². The van der Waals surface area contributed by atoms with Gasteiger partial charge in [0.15, 0.2) is 0 Å². The molecule has 1 N–H and O–H groups in total. The molecule has 10 heavy (non-hydrogen) atoms. The van der Waals surface area contributed by atoms with Crippen LogP contribution in [-0.2, 0) is 0 Å². The van der Waals surface area contributed by atoms with E-state index in [0.29, 0.717) is 0 Å². The van der Waals surface area contributed by atoms with Crippen LogP contribution >= 0.6 is 0 Å². The van der Waals surface area contributed by atoms with Gasteiger partial charge in [0.2, 0.25) is 0 Å². The second kappa shape index (κ2) is 8.83. The summed E-state index contributed by atoms with van der Waals surface area (Å²) in [6, 6.07) is 0.